The molecule has 0 aliphatic carbocycles. The lowest BCUT2D eigenvalue weighted by atomic mass is 10.1. The fourth-order valence-electron chi connectivity index (χ4n) is 2.76. The molecule has 0 bridgehead atoms. The van der Waals surface area contributed by atoms with Gasteiger partial charge in [-0.05, 0) is 50.4 Å². The Morgan fingerprint density at radius 1 is 1.20 bits per heavy atom. The fourth-order valence-corrected chi connectivity index (χ4v) is 2.76. The van der Waals surface area contributed by atoms with Gasteiger partial charge >= 0.3 is 0 Å². The number of unbranched alkanes of at least 4 members (excludes halogenated alkanes) is 1. The number of hydrogen-bond donors (Lipinski definition) is 1. The molecule has 0 aliphatic heterocycles. The summed E-state index contributed by atoms with van der Waals surface area (Å²) in [6.45, 7) is 6.86. The Hall–Kier alpha value is -1.28. The zero-order chi connectivity index (χ0) is 14.4. The van der Waals surface area contributed by atoms with Crippen molar-refractivity contribution in [2.45, 2.75) is 46.1 Å². The molecule has 2 nitrogen and oxygen atoms in total. The molecule has 1 atom stereocenters. The van der Waals surface area contributed by atoms with Crippen LogP contribution in [0.1, 0.15) is 38.7 Å². The highest BCUT2D eigenvalue weighted by Gasteiger charge is 2.09. The maximum absolute atomic E-state index is 3.22. The second-order valence-corrected chi connectivity index (χ2v) is 5.90. The van der Waals surface area contributed by atoms with Crippen molar-refractivity contribution < 1.29 is 0 Å². The summed E-state index contributed by atoms with van der Waals surface area (Å²) in [7, 11) is 2.03. The molecule has 0 aliphatic rings. The van der Waals surface area contributed by atoms with Crippen molar-refractivity contribution in [2.24, 2.45) is 5.92 Å². The minimum absolute atomic E-state index is 0.739. The van der Waals surface area contributed by atoms with E-state index in [2.05, 4.69) is 54.2 Å². The molecule has 2 rings (SSSR count). The number of benzene rings is 1. The maximum Gasteiger partial charge on any atom is 0.0483 e. The number of aromatic nitrogens is 1. The summed E-state index contributed by atoms with van der Waals surface area (Å²) < 4.78 is 2.46. The molecule has 2 heteroatoms. The zero-order valence-corrected chi connectivity index (χ0v) is 13.2. The van der Waals surface area contributed by atoms with Crippen LogP contribution in [0.25, 0.3) is 10.9 Å². The number of aryl methyl sites for hydroxylation is 1. The number of nitrogens with one attached hydrogen (secondary N) is 1. The maximum atomic E-state index is 3.22. The second kappa shape index (κ2) is 7.49. The molecule has 0 spiro atoms. The van der Waals surface area contributed by atoms with Gasteiger partial charge in [-0.25, -0.2) is 0 Å². The van der Waals surface area contributed by atoms with Crippen molar-refractivity contribution in [1.82, 2.24) is 9.88 Å². The van der Waals surface area contributed by atoms with Crippen LogP contribution in [0.3, 0.4) is 0 Å². The quantitative estimate of drug-likeness (QED) is 0.712. The van der Waals surface area contributed by atoms with Crippen LogP contribution in [-0.2, 0) is 13.0 Å². The molecular formula is C18H28N2. The summed E-state index contributed by atoms with van der Waals surface area (Å²) in [6, 6.07) is 8.85. The Balaban J connectivity index is 2.17. The van der Waals surface area contributed by atoms with Gasteiger partial charge in [-0.1, -0.05) is 38.5 Å². The van der Waals surface area contributed by atoms with E-state index in [1.54, 1.807) is 0 Å². The minimum atomic E-state index is 0.739. The predicted molar refractivity (Wildman–Crippen MR) is 88.3 cm³/mol. The van der Waals surface area contributed by atoms with Crippen LogP contribution in [0.4, 0.5) is 0 Å². The topological polar surface area (TPSA) is 17.0 Å². The molecule has 110 valence electrons. The highest BCUT2D eigenvalue weighted by Crippen LogP contribution is 2.24. The summed E-state index contributed by atoms with van der Waals surface area (Å²) in [5, 5.41) is 4.67. The van der Waals surface area contributed by atoms with Crippen LogP contribution < -0.4 is 5.32 Å². The monoisotopic (exact) mass is 272 g/mol. The van der Waals surface area contributed by atoms with Crippen molar-refractivity contribution in [1.29, 1.82) is 0 Å². The molecule has 0 radical (unpaired) electrons. The molecule has 0 saturated heterocycles. The fraction of sp³-hybridized carbons (Fsp3) is 0.556. The van der Waals surface area contributed by atoms with Crippen molar-refractivity contribution in [2.75, 3.05) is 13.6 Å². The van der Waals surface area contributed by atoms with Gasteiger partial charge in [0.15, 0.2) is 0 Å². The summed E-state index contributed by atoms with van der Waals surface area (Å²) in [4.78, 5) is 0. The van der Waals surface area contributed by atoms with Gasteiger partial charge in [-0.15, -0.1) is 0 Å². The zero-order valence-electron chi connectivity index (χ0n) is 13.2. The van der Waals surface area contributed by atoms with Gasteiger partial charge in [-0.3, -0.25) is 0 Å². The van der Waals surface area contributed by atoms with Crippen LogP contribution in [0.5, 0.6) is 0 Å². The molecule has 1 heterocycles. The lowest BCUT2D eigenvalue weighted by molar-refractivity contribution is 0.477. The van der Waals surface area contributed by atoms with Gasteiger partial charge in [0.05, 0.1) is 0 Å². The Labute approximate surface area is 123 Å². The lowest BCUT2D eigenvalue weighted by Gasteiger charge is -2.10. The highest BCUT2D eigenvalue weighted by molar-refractivity contribution is 5.83. The molecule has 1 aromatic carbocycles. The molecule has 1 unspecified atom stereocenters. The van der Waals surface area contributed by atoms with Crippen molar-refractivity contribution in [3.8, 4) is 0 Å². The van der Waals surface area contributed by atoms with E-state index in [9.17, 15) is 0 Å². The number of para-hydroxylation sites is 1. The van der Waals surface area contributed by atoms with Gasteiger partial charge in [-0.2, -0.15) is 0 Å². The number of rotatable bonds is 8. The van der Waals surface area contributed by atoms with Gasteiger partial charge in [0, 0.05) is 23.6 Å². The Morgan fingerprint density at radius 2 is 2.00 bits per heavy atom. The average molecular weight is 272 g/mol. The van der Waals surface area contributed by atoms with Crippen LogP contribution in [-0.4, -0.2) is 18.2 Å². The largest absolute Gasteiger partial charge is 0.347 e. The standard InChI is InChI=1S/C18H28N2/c1-4-15(2)13-20-14-16(9-7-8-12-19-3)17-10-5-6-11-18(17)20/h5-6,10-11,14-15,19H,4,7-9,12-13H2,1-3H3. The molecule has 0 amide bonds. The van der Waals surface area contributed by atoms with Crippen molar-refractivity contribution in [3.05, 3.63) is 36.0 Å². The van der Waals surface area contributed by atoms with Crippen LogP contribution in [0.15, 0.2) is 30.5 Å². The van der Waals surface area contributed by atoms with Gasteiger partial charge in [0.1, 0.15) is 0 Å². The third-order valence-electron chi connectivity index (χ3n) is 4.20. The minimum Gasteiger partial charge on any atom is -0.347 e. The normalized spacial score (nSPS) is 12.9. The third-order valence-corrected chi connectivity index (χ3v) is 4.20. The first kappa shape index (κ1) is 15.1. The number of hydrogen-bond acceptors (Lipinski definition) is 1. The highest BCUT2D eigenvalue weighted by atomic mass is 15.0. The molecule has 0 saturated carbocycles. The summed E-state index contributed by atoms with van der Waals surface area (Å²) in [5.41, 5.74) is 2.91. The van der Waals surface area contributed by atoms with Gasteiger partial charge < -0.3 is 9.88 Å². The van der Waals surface area contributed by atoms with Crippen molar-refractivity contribution in [3.63, 3.8) is 0 Å². The smallest absolute Gasteiger partial charge is 0.0483 e. The molecule has 1 aromatic heterocycles. The van der Waals surface area contributed by atoms with E-state index in [1.165, 1.54) is 42.1 Å². The van der Waals surface area contributed by atoms with E-state index in [0.717, 1.165) is 19.0 Å². The van der Waals surface area contributed by atoms with E-state index in [-0.39, 0.29) is 0 Å². The van der Waals surface area contributed by atoms with E-state index >= 15 is 0 Å². The Morgan fingerprint density at radius 3 is 2.75 bits per heavy atom. The average Bonchev–Trinajstić information content (AvgIpc) is 2.82. The lowest BCUT2D eigenvalue weighted by Crippen LogP contribution is -2.07. The predicted octanol–water partition coefficient (Wildman–Crippen LogP) is 4.23. The van der Waals surface area contributed by atoms with Crippen LogP contribution in [0.2, 0.25) is 0 Å². The number of fused-ring (bicyclic) bond motifs is 1. The van der Waals surface area contributed by atoms with E-state index in [0.29, 0.717) is 0 Å². The molecular weight excluding hydrogens is 244 g/mol. The first-order chi connectivity index (χ1) is 9.76. The van der Waals surface area contributed by atoms with Gasteiger partial charge in [0.25, 0.3) is 0 Å². The second-order valence-electron chi connectivity index (χ2n) is 5.90. The Bertz CT molecular complexity index is 527. The molecule has 20 heavy (non-hydrogen) atoms. The van der Waals surface area contributed by atoms with E-state index in [4.69, 9.17) is 0 Å². The number of nitrogens with zero attached hydrogens (tertiary/aromatic N) is 1. The Kier molecular flexibility index (Phi) is 5.66. The first-order valence-electron chi connectivity index (χ1n) is 7.97. The summed E-state index contributed by atoms with van der Waals surface area (Å²) >= 11 is 0. The SMILES string of the molecule is CCC(C)Cn1cc(CCCCNC)c2ccccc21. The van der Waals surface area contributed by atoms with E-state index in [1.807, 2.05) is 7.05 Å². The van der Waals surface area contributed by atoms with Crippen molar-refractivity contribution >= 4 is 10.9 Å². The summed E-state index contributed by atoms with van der Waals surface area (Å²) in [6.07, 6.45) is 7.33. The summed E-state index contributed by atoms with van der Waals surface area (Å²) in [5.74, 6) is 0.739. The molecule has 2 aromatic rings. The van der Waals surface area contributed by atoms with E-state index < -0.39 is 0 Å². The van der Waals surface area contributed by atoms with Gasteiger partial charge in [0.2, 0.25) is 0 Å². The molecule has 1 N–H and O–H groups in total. The third kappa shape index (κ3) is 3.63. The molecule has 0 fully saturated rings. The van der Waals surface area contributed by atoms with Crippen LogP contribution in [0, 0.1) is 5.92 Å². The first-order valence-corrected chi connectivity index (χ1v) is 7.97. The van der Waals surface area contributed by atoms with Crippen LogP contribution >= 0.6 is 0 Å².